The molecule has 5 rings (SSSR count). The van der Waals surface area contributed by atoms with Gasteiger partial charge in [-0.05, 0) is 37.6 Å². The summed E-state index contributed by atoms with van der Waals surface area (Å²) in [5.41, 5.74) is 5.14. The third kappa shape index (κ3) is 3.52. The lowest BCUT2D eigenvalue weighted by atomic mass is 10.1. The quantitative estimate of drug-likeness (QED) is 0.395. The van der Waals surface area contributed by atoms with E-state index in [-0.39, 0.29) is 5.56 Å². The minimum absolute atomic E-state index is 0.197. The number of hydrogen-bond donors (Lipinski definition) is 0. The highest BCUT2D eigenvalue weighted by atomic mass is 16.1. The summed E-state index contributed by atoms with van der Waals surface area (Å²) >= 11 is 0. The molecule has 32 heavy (non-hydrogen) atoms. The van der Waals surface area contributed by atoms with Gasteiger partial charge in [-0.2, -0.15) is 14.9 Å². The van der Waals surface area contributed by atoms with Gasteiger partial charge >= 0.3 is 0 Å². The Kier molecular flexibility index (Phi) is 4.95. The monoisotopic (exact) mass is 419 g/mol. The van der Waals surface area contributed by atoms with E-state index in [1.807, 2.05) is 77.6 Å². The standard InChI is InChI=1S/C26H21N5O/c1-18-10-6-9-15-24(18)30-17-21(25(29-30)20-11-4-3-5-12-20)16-27-31-19(2)28-23-14-8-7-13-22(23)26(31)32/h3-17H,1-2H3. The number of aryl methyl sites for hydroxylation is 2. The number of rotatable bonds is 4. The van der Waals surface area contributed by atoms with Crippen LogP contribution >= 0.6 is 0 Å². The van der Waals surface area contributed by atoms with E-state index in [4.69, 9.17) is 5.10 Å². The van der Waals surface area contributed by atoms with Crippen molar-refractivity contribution in [3.05, 3.63) is 112 Å². The second-order valence-electron chi connectivity index (χ2n) is 7.57. The van der Waals surface area contributed by atoms with Crippen molar-refractivity contribution in [3.8, 4) is 16.9 Å². The van der Waals surface area contributed by atoms with Crippen LogP contribution in [0.15, 0.2) is 95.0 Å². The van der Waals surface area contributed by atoms with Gasteiger partial charge in [0.25, 0.3) is 5.56 Å². The van der Waals surface area contributed by atoms with Gasteiger partial charge in [-0.15, -0.1) is 0 Å². The fourth-order valence-electron chi connectivity index (χ4n) is 3.74. The van der Waals surface area contributed by atoms with E-state index in [2.05, 4.69) is 23.1 Å². The van der Waals surface area contributed by atoms with E-state index < -0.39 is 0 Å². The number of aromatic nitrogens is 4. The van der Waals surface area contributed by atoms with Gasteiger partial charge in [0.1, 0.15) is 11.5 Å². The summed E-state index contributed by atoms with van der Waals surface area (Å²) in [5.74, 6) is 0.525. The van der Waals surface area contributed by atoms with Gasteiger partial charge in [-0.3, -0.25) is 4.79 Å². The summed E-state index contributed by atoms with van der Waals surface area (Å²) in [6.45, 7) is 3.83. The van der Waals surface area contributed by atoms with E-state index in [1.165, 1.54) is 4.68 Å². The molecule has 6 heteroatoms. The summed E-state index contributed by atoms with van der Waals surface area (Å²) < 4.78 is 3.19. The van der Waals surface area contributed by atoms with Crippen molar-refractivity contribution in [1.82, 2.24) is 19.4 Å². The van der Waals surface area contributed by atoms with Gasteiger partial charge in [0.15, 0.2) is 0 Å². The van der Waals surface area contributed by atoms with Crippen molar-refractivity contribution < 1.29 is 0 Å². The zero-order valence-corrected chi connectivity index (χ0v) is 17.8. The molecule has 2 aromatic heterocycles. The molecule has 0 atom stereocenters. The fraction of sp³-hybridized carbons (Fsp3) is 0.0769. The predicted molar refractivity (Wildman–Crippen MR) is 127 cm³/mol. The van der Waals surface area contributed by atoms with Crippen molar-refractivity contribution in [2.24, 2.45) is 5.10 Å². The first-order chi connectivity index (χ1) is 15.6. The summed E-state index contributed by atoms with van der Waals surface area (Å²) in [6.07, 6.45) is 3.61. The first-order valence-corrected chi connectivity index (χ1v) is 10.4. The molecule has 0 saturated carbocycles. The largest absolute Gasteiger partial charge is 0.282 e. The van der Waals surface area contributed by atoms with Crippen LogP contribution in [0.1, 0.15) is 17.0 Å². The van der Waals surface area contributed by atoms with Crippen LogP contribution < -0.4 is 5.56 Å². The average molecular weight is 419 g/mol. The lowest BCUT2D eigenvalue weighted by molar-refractivity contribution is 0.771. The van der Waals surface area contributed by atoms with Crippen molar-refractivity contribution in [2.75, 3.05) is 0 Å². The van der Waals surface area contributed by atoms with Crippen molar-refractivity contribution in [1.29, 1.82) is 0 Å². The molecule has 0 radical (unpaired) electrons. The molecule has 0 unspecified atom stereocenters. The molecule has 0 aliphatic heterocycles. The number of hydrogen-bond acceptors (Lipinski definition) is 4. The highest BCUT2D eigenvalue weighted by Crippen LogP contribution is 2.23. The highest BCUT2D eigenvalue weighted by Gasteiger charge is 2.13. The lowest BCUT2D eigenvalue weighted by Gasteiger charge is -2.05. The molecule has 0 fully saturated rings. The Hall–Kier alpha value is -4.32. The first-order valence-electron chi connectivity index (χ1n) is 10.4. The van der Waals surface area contributed by atoms with Crippen LogP contribution in [0.2, 0.25) is 0 Å². The van der Waals surface area contributed by atoms with Crippen LogP contribution in [0.5, 0.6) is 0 Å². The predicted octanol–water partition coefficient (Wildman–Crippen LogP) is 4.75. The second-order valence-corrected chi connectivity index (χ2v) is 7.57. The maximum absolute atomic E-state index is 13.0. The topological polar surface area (TPSA) is 65.1 Å². The molecular formula is C26H21N5O. The maximum Gasteiger partial charge on any atom is 0.282 e. The Bertz CT molecular complexity index is 1510. The number of nitrogens with zero attached hydrogens (tertiary/aromatic N) is 5. The van der Waals surface area contributed by atoms with Gasteiger partial charge in [0.2, 0.25) is 0 Å². The maximum atomic E-state index is 13.0. The zero-order chi connectivity index (χ0) is 22.1. The molecule has 0 amide bonds. The number of fused-ring (bicyclic) bond motifs is 1. The van der Waals surface area contributed by atoms with Gasteiger partial charge < -0.3 is 0 Å². The van der Waals surface area contributed by atoms with Gasteiger partial charge in [-0.25, -0.2) is 9.67 Å². The smallest absolute Gasteiger partial charge is 0.267 e. The molecule has 3 aromatic carbocycles. The molecule has 0 bridgehead atoms. The Morgan fingerprint density at radius 3 is 2.41 bits per heavy atom. The summed E-state index contributed by atoms with van der Waals surface area (Å²) in [4.78, 5) is 17.5. The molecule has 0 aliphatic carbocycles. The van der Waals surface area contributed by atoms with E-state index in [0.717, 1.165) is 28.1 Å². The molecule has 2 heterocycles. The molecule has 5 aromatic rings. The van der Waals surface area contributed by atoms with Crippen LogP contribution in [0.25, 0.3) is 27.8 Å². The molecule has 0 N–H and O–H groups in total. The average Bonchev–Trinajstić information content (AvgIpc) is 3.24. The lowest BCUT2D eigenvalue weighted by Crippen LogP contribution is -2.20. The molecule has 6 nitrogen and oxygen atoms in total. The van der Waals surface area contributed by atoms with Crippen molar-refractivity contribution in [3.63, 3.8) is 0 Å². The fourth-order valence-corrected chi connectivity index (χ4v) is 3.74. The van der Waals surface area contributed by atoms with Crippen LogP contribution in [0.3, 0.4) is 0 Å². The highest BCUT2D eigenvalue weighted by molar-refractivity contribution is 5.89. The van der Waals surface area contributed by atoms with Crippen LogP contribution in [0, 0.1) is 13.8 Å². The van der Waals surface area contributed by atoms with Crippen LogP contribution in [0.4, 0.5) is 0 Å². The first kappa shape index (κ1) is 19.6. The van der Waals surface area contributed by atoms with E-state index in [0.29, 0.717) is 16.7 Å². The molecule has 0 saturated heterocycles. The zero-order valence-electron chi connectivity index (χ0n) is 17.8. The Morgan fingerprint density at radius 1 is 0.875 bits per heavy atom. The van der Waals surface area contributed by atoms with E-state index in [9.17, 15) is 4.79 Å². The summed E-state index contributed by atoms with van der Waals surface area (Å²) in [7, 11) is 0. The van der Waals surface area contributed by atoms with E-state index in [1.54, 1.807) is 19.2 Å². The second kappa shape index (κ2) is 8.07. The summed E-state index contributed by atoms with van der Waals surface area (Å²) in [5, 5.41) is 9.88. The Morgan fingerprint density at radius 2 is 1.59 bits per heavy atom. The minimum Gasteiger partial charge on any atom is -0.267 e. The SMILES string of the molecule is Cc1ccccc1-n1cc(C=Nn2c(C)nc3ccccc3c2=O)c(-c2ccccc2)n1. The molecular weight excluding hydrogens is 398 g/mol. The molecule has 156 valence electrons. The van der Waals surface area contributed by atoms with Gasteiger partial charge in [0, 0.05) is 17.3 Å². The third-order valence-electron chi connectivity index (χ3n) is 5.38. The molecule has 0 spiro atoms. The number of para-hydroxylation sites is 2. The van der Waals surface area contributed by atoms with Gasteiger partial charge in [-0.1, -0.05) is 60.7 Å². The normalized spacial score (nSPS) is 11.4. The third-order valence-corrected chi connectivity index (χ3v) is 5.38. The Balaban J connectivity index is 1.65. The van der Waals surface area contributed by atoms with Gasteiger partial charge in [0.05, 0.1) is 22.8 Å². The van der Waals surface area contributed by atoms with Crippen molar-refractivity contribution in [2.45, 2.75) is 13.8 Å². The summed E-state index contributed by atoms with van der Waals surface area (Å²) in [6, 6.07) is 25.3. The van der Waals surface area contributed by atoms with Crippen LogP contribution in [-0.4, -0.2) is 25.7 Å². The molecule has 0 aliphatic rings. The minimum atomic E-state index is -0.197. The van der Waals surface area contributed by atoms with E-state index >= 15 is 0 Å². The number of benzene rings is 3. The van der Waals surface area contributed by atoms with Crippen LogP contribution in [-0.2, 0) is 0 Å². The Labute approximate surface area is 185 Å². The van der Waals surface area contributed by atoms with Crippen molar-refractivity contribution >= 4 is 17.1 Å².